The summed E-state index contributed by atoms with van der Waals surface area (Å²) in [5.41, 5.74) is 4.53. The Hall–Kier alpha value is -3.39. The number of amides is 2. The van der Waals surface area contributed by atoms with Crippen LogP contribution in [0.3, 0.4) is 0 Å². The third-order valence-electron chi connectivity index (χ3n) is 6.81. The number of nitrogens with one attached hydrogen (secondary N) is 1. The van der Waals surface area contributed by atoms with Crippen molar-refractivity contribution in [3.05, 3.63) is 72.3 Å². The topological polar surface area (TPSA) is 84.9 Å². The molecule has 2 aromatic rings. The molecule has 210 valence electrons. The molecule has 3 rings (SSSR count). The zero-order chi connectivity index (χ0) is 28.7. The van der Waals surface area contributed by atoms with Crippen molar-refractivity contribution in [3.8, 4) is 11.1 Å². The highest BCUT2D eigenvalue weighted by Crippen LogP contribution is 2.44. The molecule has 8 heteroatoms. The van der Waals surface area contributed by atoms with Gasteiger partial charge < -0.3 is 19.7 Å². The van der Waals surface area contributed by atoms with Gasteiger partial charge in [-0.1, -0.05) is 88.1 Å². The van der Waals surface area contributed by atoms with E-state index in [1.807, 2.05) is 38.1 Å². The van der Waals surface area contributed by atoms with Crippen molar-refractivity contribution in [2.24, 2.45) is 5.92 Å². The maximum absolute atomic E-state index is 14.0. The second-order valence-corrected chi connectivity index (χ2v) is 17.2. The van der Waals surface area contributed by atoms with Crippen molar-refractivity contribution in [3.63, 3.8) is 0 Å². The molecule has 0 unspecified atom stereocenters. The van der Waals surface area contributed by atoms with Gasteiger partial charge in [0.05, 0.1) is 15.2 Å². The van der Waals surface area contributed by atoms with Crippen LogP contribution in [0.5, 0.6) is 0 Å². The molecule has 0 bridgehead atoms. The average Bonchev–Trinajstić information content (AvgIpc) is 3.21. The molecule has 0 heterocycles. The lowest BCUT2D eigenvalue weighted by molar-refractivity contribution is -0.152. The predicted molar refractivity (Wildman–Crippen MR) is 157 cm³/mol. The summed E-state index contributed by atoms with van der Waals surface area (Å²) in [4.78, 5) is 41.3. The first-order chi connectivity index (χ1) is 18.5. The molecule has 2 amide bonds. The van der Waals surface area contributed by atoms with Crippen LogP contribution in [-0.2, 0) is 19.1 Å². The van der Waals surface area contributed by atoms with E-state index in [1.54, 1.807) is 11.0 Å². The first-order valence-electron chi connectivity index (χ1n) is 13.6. The van der Waals surface area contributed by atoms with Gasteiger partial charge in [0.25, 0.3) is 0 Å². The van der Waals surface area contributed by atoms with Crippen LogP contribution in [0, 0.1) is 5.92 Å². The minimum atomic E-state index is -1.84. The van der Waals surface area contributed by atoms with Crippen LogP contribution in [0.25, 0.3) is 11.1 Å². The highest BCUT2D eigenvalue weighted by molar-refractivity contribution is 6.76. The predicted octanol–water partition coefficient (Wildman–Crippen LogP) is 5.76. The molecule has 39 heavy (non-hydrogen) atoms. The van der Waals surface area contributed by atoms with Gasteiger partial charge in [0.2, 0.25) is 5.91 Å². The van der Waals surface area contributed by atoms with Gasteiger partial charge in [0.1, 0.15) is 18.7 Å². The molecule has 0 saturated carbocycles. The van der Waals surface area contributed by atoms with Crippen molar-refractivity contribution in [1.82, 2.24) is 10.2 Å². The van der Waals surface area contributed by atoms with Gasteiger partial charge >= 0.3 is 12.1 Å². The smallest absolute Gasteiger partial charge is 0.407 e. The molecule has 0 saturated heterocycles. The van der Waals surface area contributed by atoms with Gasteiger partial charge in [-0.25, -0.2) is 9.59 Å². The van der Waals surface area contributed by atoms with E-state index in [0.717, 1.165) is 22.3 Å². The number of esters is 1. The Labute approximate surface area is 233 Å². The van der Waals surface area contributed by atoms with Gasteiger partial charge in [-0.3, -0.25) is 4.79 Å². The normalized spacial score (nSPS) is 14.1. The number of fused-ring (bicyclic) bond motifs is 3. The van der Waals surface area contributed by atoms with E-state index >= 15 is 0 Å². The van der Waals surface area contributed by atoms with Crippen LogP contribution < -0.4 is 5.32 Å². The molecule has 0 fully saturated rings. The second kappa shape index (κ2) is 13.1. The number of alkyl carbamates (subject to hydrolysis) is 1. The Morgan fingerprint density at radius 1 is 1.03 bits per heavy atom. The highest BCUT2D eigenvalue weighted by Gasteiger charge is 2.38. The Bertz CT molecular complexity index is 1140. The Balaban J connectivity index is 1.80. The number of benzene rings is 2. The molecular weight excluding hydrogens is 508 g/mol. The molecule has 0 spiro atoms. The molecule has 0 radical (unpaired) electrons. The van der Waals surface area contributed by atoms with Crippen LogP contribution in [0.4, 0.5) is 4.79 Å². The van der Waals surface area contributed by atoms with Gasteiger partial charge in [0.15, 0.2) is 0 Å². The monoisotopic (exact) mass is 550 g/mol. The summed E-state index contributed by atoms with van der Waals surface area (Å²) in [6.07, 6.45) is 2.08. The van der Waals surface area contributed by atoms with Crippen LogP contribution in [0.2, 0.25) is 19.6 Å². The van der Waals surface area contributed by atoms with Crippen molar-refractivity contribution >= 4 is 26.0 Å². The summed E-state index contributed by atoms with van der Waals surface area (Å²) < 4.78 is 10.8. The molecular formula is C31H42N2O5Si. The summed E-state index contributed by atoms with van der Waals surface area (Å²) in [7, 11) is -0.525. The van der Waals surface area contributed by atoms with Crippen molar-refractivity contribution in [2.75, 3.05) is 19.9 Å². The third kappa shape index (κ3) is 7.59. The standard InChI is InChI=1S/C31H42N2O5Si/c1-8-13-28(30(35)37-4)33(20-39(5,6)7)29(34)27(18-21(2)3)32-31(36)38-19-26-24-16-11-9-14-22(24)23-15-10-12-17-25(23)26/h8-12,14-17,21,26-28H,1,13,18-20H2,2-7H3,(H,32,36)/t27-,28-/m0/s1. The zero-order valence-electron chi connectivity index (χ0n) is 24.0. The number of carbonyl (C=O) groups is 3. The van der Waals surface area contributed by atoms with E-state index < -0.39 is 32.2 Å². The van der Waals surface area contributed by atoms with Gasteiger partial charge in [-0.2, -0.15) is 0 Å². The van der Waals surface area contributed by atoms with Gasteiger partial charge in [-0.05, 0) is 41.0 Å². The number of nitrogens with zero attached hydrogens (tertiary/aromatic N) is 1. The SMILES string of the molecule is C=CC[C@@H](C(=O)OC)N(C[Si](C)(C)C)C(=O)[C@H](CC(C)C)NC(=O)OCC1c2ccccc2-c2ccccc21. The number of hydrogen-bond donors (Lipinski definition) is 1. The fraction of sp³-hybridized carbons (Fsp3) is 0.452. The van der Waals surface area contributed by atoms with Crippen LogP contribution >= 0.6 is 0 Å². The molecule has 0 aromatic heterocycles. The molecule has 1 aliphatic rings. The van der Waals surface area contributed by atoms with Crippen LogP contribution in [0.1, 0.15) is 43.7 Å². The number of ether oxygens (including phenoxy) is 2. The quantitative estimate of drug-likeness (QED) is 0.206. The Kier molecular flexibility index (Phi) is 10.1. The highest BCUT2D eigenvalue weighted by atomic mass is 28.3. The van der Waals surface area contributed by atoms with Crippen molar-refractivity contribution in [2.45, 2.75) is 64.3 Å². The minimum Gasteiger partial charge on any atom is -0.467 e. The van der Waals surface area contributed by atoms with Crippen LogP contribution in [-0.4, -0.2) is 62.9 Å². The van der Waals surface area contributed by atoms with E-state index in [1.165, 1.54) is 7.11 Å². The number of carbonyl (C=O) groups excluding carboxylic acids is 3. The average molecular weight is 551 g/mol. The summed E-state index contributed by atoms with van der Waals surface area (Å²) in [6, 6.07) is 14.6. The lowest BCUT2D eigenvalue weighted by Crippen LogP contribution is -2.58. The number of methoxy groups -OCH3 is 1. The fourth-order valence-electron chi connectivity index (χ4n) is 5.17. The van der Waals surface area contributed by atoms with E-state index in [4.69, 9.17) is 9.47 Å². The summed E-state index contributed by atoms with van der Waals surface area (Å²) in [6.45, 7) is 14.3. The lowest BCUT2D eigenvalue weighted by Gasteiger charge is -2.36. The summed E-state index contributed by atoms with van der Waals surface area (Å²) in [5.74, 6) is -0.762. The lowest BCUT2D eigenvalue weighted by atomic mass is 9.98. The molecule has 1 N–H and O–H groups in total. The number of hydrogen-bond acceptors (Lipinski definition) is 5. The largest absolute Gasteiger partial charge is 0.467 e. The second-order valence-electron chi connectivity index (χ2n) is 11.7. The molecule has 1 aliphatic carbocycles. The molecule has 0 aliphatic heterocycles. The van der Waals surface area contributed by atoms with E-state index in [0.29, 0.717) is 12.6 Å². The first kappa shape index (κ1) is 30.2. The third-order valence-corrected chi connectivity index (χ3v) is 8.10. The Morgan fingerprint density at radius 3 is 2.08 bits per heavy atom. The van der Waals surface area contributed by atoms with Crippen molar-refractivity contribution in [1.29, 1.82) is 0 Å². The maximum Gasteiger partial charge on any atom is 0.407 e. The van der Waals surface area contributed by atoms with E-state index in [-0.39, 0.29) is 30.8 Å². The van der Waals surface area contributed by atoms with E-state index in [2.05, 4.69) is 55.8 Å². The minimum absolute atomic E-state index is 0.0814. The summed E-state index contributed by atoms with van der Waals surface area (Å²) >= 11 is 0. The molecule has 2 atom stereocenters. The first-order valence-corrected chi connectivity index (χ1v) is 17.3. The van der Waals surface area contributed by atoms with Crippen molar-refractivity contribution < 1.29 is 23.9 Å². The Morgan fingerprint density at radius 2 is 1.59 bits per heavy atom. The maximum atomic E-state index is 14.0. The fourth-order valence-corrected chi connectivity index (χ4v) is 6.57. The molecule has 2 aromatic carbocycles. The van der Waals surface area contributed by atoms with Gasteiger partial charge in [0, 0.05) is 12.1 Å². The summed E-state index contributed by atoms with van der Waals surface area (Å²) in [5, 5.41) is 2.83. The van der Waals surface area contributed by atoms with Gasteiger partial charge in [-0.15, -0.1) is 6.58 Å². The zero-order valence-corrected chi connectivity index (χ0v) is 25.0. The number of rotatable bonds is 12. The molecule has 7 nitrogen and oxygen atoms in total. The van der Waals surface area contributed by atoms with E-state index in [9.17, 15) is 14.4 Å². The van der Waals surface area contributed by atoms with Crippen LogP contribution in [0.15, 0.2) is 61.2 Å².